The highest BCUT2D eigenvalue weighted by Gasteiger charge is 2.54. The molecule has 0 unspecified atom stereocenters. The molecule has 0 radical (unpaired) electrons. The lowest BCUT2D eigenvalue weighted by Gasteiger charge is -2.41. The molecule has 0 aromatic carbocycles. The minimum absolute atomic E-state index is 0.105. The highest BCUT2D eigenvalue weighted by Crippen LogP contribution is 2.58. The molecule has 12 heavy (non-hydrogen) atoms. The molecule has 0 saturated heterocycles. The molecule has 2 fully saturated rings. The van der Waals surface area contributed by atoms with E-state index in [-0.39, 0.29) is 11.5 Å². The predicted molar refractivity (Wildman–Crippen MR) is 47.6 cm³/mol. The second-order valence-corrected chi connectivity index (χ2v) is 5.41. The maximum absolute atomic E-state index is 13.7. The Kier molecular flexibility index (Phi) is 1.57. The van der Waals surface area contributed by atoms with Crippen LogP contribution in [0.1, 0.15) is 39.5 Å². The average molecular weight is 171 g/mol. The van der Waals surface area contributed by atoms with Gasteiger partial charge in [-0.05, 0) is 31.1 Å². The molecule has 2 heteroatoms. The Morgan fingerprint density at radius 2 is 2.00 bits per heavy atom. The van der Waals surface area contributed by atoms with Gasteiger partial charge in [0.05, 0.1) is 0 Å². The molecule has 2 rings (SSSR count). The van der Waals surface area contributed by atoms with Crippen LogP contribution in [0.15, 0.2) is 0 Å². The van der Waals surface area contributed by atoms with E-state index in [2.05, 4.69) is 13.8 Å². The van der Waals surface area contributed by atoms with Crippen LogP contribution < -0.4 is 5.73 Å². The van der Waals surface area contributed by atoms with E-state index in [1.807, 2.05) is 0 Å². The lowest BCUT2D eigenvalue weighted by molar-refractivity contribution is 0.0400. The fourth-order valence-electron chi connectivity index (χ4n) is 3.34. The number of rotatable bonds is 0. The maximum atomic E-state index is 13.7. The summed E-state index contributed by atoms with van der Waals surface area (Å²) in [6.07, 6.45) is 3.34. The summed E-state index contributed by atoms with van der Waals surface area (Å²) < 4.78 is 13.7. The first-order valence-electron chi connectivity index (χ1n) is 4.85. The molecule has 2 bridgehead atoms. The summed E-state index contributed by atoms with van der Waals surface area (Å²) in [5, 5.41) is 0. The first-order chi connectivity index (χ1) is 5.45. The fraction of sp³-hybridized carbons (Fsp3) is 1.00. The molecule has 2 aliphatic rings. The summed E-state index contributed by atoms with van der Waals surface area (Å²) in [6.45, 7) is 4.31. The second-order valence-electron chi connectivity index (χ2n) is 5.41. The van der Waals surface area contributed by atoms with Gasteiger partial charge in [-0.15, -0.1) is 0 Å². The molecular formula is C10H18FN. The Morgan fingerprint density at radius 3 is 2.67 bits per heavy atom. The molecule has 1 nitrogen and oxygen atoms in total. The van der Waals surface area contributed by atoms with Gasteiger partial charge < -0.3 is 5.73 Å². The summed E-state index contributed by atoms with van der Waals surface area (Å²) >= 11 is 0. The van der Waals surface area contributed by atoms with Gasteiger partial charge in [-0.25, -0.2) is 4.39 Å². The smallest absolute Gasteiger partial charge is 0.120 e. The van der Waals surface area contributed by atoms with Crippen molar-refractivity contribution in [2.75, 3.05) is 0 Å². The summed E-state index contributed by atoms with van der Waals surface area (Å²) in [7, 11) is 0. The van der Waals surface area contributed by atoms with Gasteiger partial charge in [0, 0.05) is 11.5 Å². The van der Waals surface area contributed by atoms with Crippen LogP contribution in [0.2, 0.25) is 0 Å². The van der Waals surface area contributed by atoms with E-state index < -0.39 is 6.17 Å². The normalized spacial score (nSPS) is 59.0. The maximum Gasteiger partial charge on any atom is 0.120 e. The zero-order chi connectivity index (χ0) is 8.98. The van der Waals surface area contributed by atoms with Gasteiger partial charge in [-0.1, -0.05) is 13.8 Å². The minimum atomic E-state index is -0.770. The van der Waals surface area contributed by atoms with Gasteiger partial charge in [-0.2, -0.15) is 0 Å². The number of hydrogen-bond donors (Lipinski definition) is 1. The molecule has 2 N–H and O–H groups in total. The average Bonchev–Trinajstić information content (AvgIpc) is 2.22. The first-order valence-corrected chi connectivity index (χ1v) is 4.85. The fourth-order valence-corrected chi connectivity index (χ4v) is 3.34. The van der Waals surface area contributed by atoms with E-state index in [0.29, 0.717) is 5.41 Å². The molecule has 0 amide bonds. The van der Waals surface area contributed by atoms with E-state index in [4.69, 9.17) is 5.73 Å². The second kappa shape index (κ2) is 2.22. The van der Waals surface area contributed by atoms with Crippen molar-refractivity contribution in [1.29, 1.82) is 0 Å². The van der Waals surface area contributed by atoms with Gasteiger partial charge in [0.1, 0.15) is 6.17 Å². The highest BCUT2D eigenvalue weighted by atomic mass is 19.1. The van der Waals surface area contributed by atoms with Crippen LogP contribution in [0.25, 0.3) is 0 Å². The Labute approximate surface area is 73.5 Å². The third kappa shape index (κ3) is 1.00. The molecule has 0 aliphatic heterocycles. The third-order valence-corrected chi connectivity index (χ3v) is 3.90. The zero-order valence-corrected chi connectivity index (χ0v) is 7.94. The molecule has 2 aliphatic carbocycles. The van der Waals surface area contributed by atoms with E-state index in [1.165, 1.54) is 0 Å². The lowest BCUT2D eigenvalue weighted by Crippen LogP contribution is -2.48. The van der Waals surface area contributed by atoms with Crippen molar-refractivity contribution in [1.82, 2.24) is 0 Å². The lowest BCUT2D eigenvalue weighted by atomic mass is 9.68. The topological polar surface area (TPSA) is 26.0 Å². The molecule has 0 aromatic heterocycles. The Morgan fingerprint density at radius 1 is 1.33 bits per heavy atom. The standard InChI is InChI=1S/C10H18FN/c1-9-3-4-10(2,6-9)8(11)7(12)5-9/h7-8H,3-6,12H2,1-2H3/t7-,8-,9-,10-/m1/s1. The van der Waals surface area contributed by atoms with Gasteiger partial charge in [0.2, 0.25) is 0 Å². The molecule has 0 heterocycles. The third-order valence-electron chi connectivity index (χ3n) is 3.90. The Bertz CT molecular complexity index is 206. The first kappa shape index (κ1) is 8.49. The van der Waals surface area contributed by atoms with Crippen molar-refractivity contribution in [2.45, 2.75) is 51.7 Å². The molecule has 0 spiro atoms. The molecule has 4 atom stereocenters. The van der Waals surface area contributed by atoms with Crippen molar-refractivity contribution in [3.63, 3.8) is 0 Å². The van der Waals surface area contributed by atoms with Gasteiger partial charge >= 0.3 is 0 Å². The Balaban J connectivity index is 2.28. The van der Waals surface area contributed by atoms with Crippen LogP contribution >= 0.6 is 0 Å². The van der Waals surface area contributed by atoms with Crippen molar-refractivity contribution >= 4 is 0 Å². The molecular weight excluding hydrogens is 153 g/mol. The summed E-state index contributed by atoms with van der Waals surface area (Å²) in [4.78, 5) is 0. The van der Waals surface area contributed by atoms with E-state index in [1.54, 1.807) is 0 Å². The van der Waals surface area contributed by atoms with Crippen molar-refractivity contribution in [3.8, 4) is 0 Å². The zero-order valence-electron chi connectivity index (χ0n) is 7.94. The van der Waals surface area contributed by atoms with Crippen LogP contribution in [0.4, 0.5) is 4.39 Å². The van der Waals surface area contributed by atoms with Crippen molar-refractivity contribution in [2.24, 2.45) is 16.6 Å². The van der Waals surface area contributed by atoms with E-state index in [0.717, 1.165) is 25.7 Å². The Hall–Kier alpha value is -0.110. The van der Waals surface area contributed by atoms with Crippen LogP contribution in [0, 0.1) is 10.8 Å². The quantitative estimate of drug-likeness (QED) is 0.594. The molecule has 0 aromatic rings. The van der Waals surface area contributed by atoms with Crippen LogP contribution in [-0.2, 0) is 0 Å². The van der Waals surface area contributed by atoms with Crippen LogP contribution in [0.3, 0.4) is 0 Å². The number of halogens is 1. The van der Waals surface area contributed by atoms with E-state index >= 15 is 0 Å². The number of nitrogens with two attached hydrogens (primary N) is 1. The molecule has 2 saturated carbocycles. The molecule has 70 valence electrons. The number of alkyl halides is 1. The van der Waals surface area contributed by atoms with Gasteiger partial charge in [0.15, 0.2) is 0 Å². The largest absolute Gasteiger partial charge is 0.325 e. The highest BCUT2D eigenvalue weighted by molar-refractivity contribution is 5.06. The van der Waals surface area contributed by atoms with Gasteiger partial charge in [0.25, 0.3) is 0 Å². The van der Waals surface area contributed by atoms with Crippen LogP contribution in [-0.4, -0.2) is 12.2 Å². The van der Waals surface area contributed by atoms with Crippen LogP contribution in [0.5, 0.6) is 0 Å². The van der Waals surface area contributed by atoms with Crippen molar-refractivity contribution < 1.29 is 4.39 Å². The van der Waals surface area contributed by atoms with Gasteiger partial charge in [-0.3, -0.25) is 0 Å². The van der Waals surface area contributed by atoms with E-state index in [9.17, 15) is 4.39 Å². The number of fused-ring (bicyclic) bond motifs is 2. The predicted octanol–water partition coefficient (Wildman–Crippen LogP) is 2.25. The SMILES string of the molecule is C[C@]12CC[C@](C)(C1)[C@H](F)[C@H](N)C2. The number of hydrogen-bond acceptors (Lipinski definition) is 1. The van der Waals surface area contributed by atoms with Crippen molar-refractivity contribution in [3.05, 3.63) is 0 Å². The minimum Gasteiger partial charge on any atom is -0.325 e. The summed E-state index contributed by atoms with van der Waals surface area (Å²) in [5.41, 5.74) is 6.03. The summed E-state index contributed by atoms with van der Waals surface area (Å²) in [5.74, 6) is 0. The summed E-state index contributed by atoms with van der Waals surface area (Å²) in [6, 6.07) is -0.212. The monoisotopic (exact) mass is 171 g/mol.